The Balaban J connectivity index is 3.34. The largest absolute Gasteiger partial charge is 0.397 e. The highest BCUT2D eigenvalue weighted by molar-refractivity contribution is 9.10. The molecule has 2 N–H and O–H groups in total. The summed E-state index contributed by atoms with van der Waals surface area (Å²) in [4.78, 5) is 3.83. The zero-order valence-electron chi connectivity index (χ0n) is 5.36. The van der Waals surface area contributed by atoms with E-state index in [1.165, 1.54) is 0 Å². The number of halogens is 2. The van der Waals surface area contributed by atoms with Crippen LogP contribution in [0.2, 0.25) is 5.15 Å². The number of pyridine rings is 1. The second-order valence-electron chi connectivity index (χ2n) is 1.94. The standard InChI is InChI=1S/C6H6BrClN2/c1-3-4(9)2-10-6(8)5(3)7/h2H,9H2,1H3. The summed E-state index contributed by atoms with van der Waals surface area (Å²) in [5.74, 6) is 0. The van der Waals surface area contributed by atoms with Crippen molar-refractivity contribution in [2.24, 2.45) is 0 Å². The third-order valence-corrected chi connectivity index (χ3v) is 2.75. The molecule has 0 amide bonds. The highest BCUT2D eigenvalue weighted by atomic mass is 79.9. The van der Waals surface area contributed by atoms with Gasteiger partial charge < -0.3 is 5.73 Å². The lowest BCUT2D eigenvalue weighted by molar-refractivity contribution is 1.27. The summed E-state index contributed by atoms with van der Waals surface area (Å²) in [6, 6.07) is 0. The van der Waals surface area contributed by atoms with Crippen LogP contribution in [-0.2, 0) is 0 Å². The molecule has 4 heteroatoms. The zero-order chi connectivity index (χ0) is 7.72. The molecule has 2 nitrogen and oxygen atoms in total. The smallest absolute Gasteiger partial charge is 0.143 e. The maximum Gasteiger partial charge on any atom is 0.143 e. The van der Waals surface area contributed by atoms with Crippen LogP contribution in [0.15, 0.2) is 10.7 Å². The third-order valence-electron chi connectivity index (χ3n) is 1.26. The van der Waals surface area contributed by atoms with Crippen molar-refractivity contribution in [3.8, 4) is 0 Å². The molecular weight excluding hydrogens is 215 g/mol. The zero-order valence-corrected chi connectivity index (χ0v) is 7.70. The van der Waals surface area contributed by atoms with E-state index < -0.39 is 0 Å². The number of nitrogens with two attached hydrogens (primary N) is 1. The van der Waals surface area contributed by atoms with Gasteiger partial charge in [-0.1, -0.05) is 11.6 Å². The van der Waals surface area contributed by atoms with E-state index in [0.717, 1.165) is 10.0 Å². The minimum Gasteiger partial charge on any atom is -0.397 e. The highest BCUT2D eigenvalue weighted by Crippen LogP contribution is 2.26. The number of anilines is 1. The molecule has 54 valence electrons. The van der Waals surface area contributed by atoms with E-state index >= 15 is 0 Å². The second-order valence-corrected chi connectivity index (χ2v) is 3.09. The van der Waals surface area contributed by atoms with Gasteiger partial charge in [0, 0.05) is 0 Å². The van der Waals surface area contributed by atoms with Crippen LogP contribution in [0.25, 0.3) is 0 Å². The topological polar surface area (TPSA) is 38.9 Å². The van der Waals surface area contributed by atoms with E-state index in [1.54, 1.807) is 6.20 Å². The van der Waals surface area contributed by atoms with Crippen molar-refractivity contribution in [1.82, 2.24) is 4.98 Å². The molecule has 0 aliphatic rings. The number of rotatable bonds is 0. The van der Waals surface area contributed by atoms with Crippen molar-refractivity contribution in [2.45, 2.75) is 6.92 Å². The van der Waals surface area contributed by atoms with Crippen LogP contribution < -0.4 is 5.73 Å². The van der Waals surface area contributed by atoms with Crippen molar-refractivity contribution < 1.29 is 0 Å². The average Bonchev–Trinajstić information content (AvgIpc) is 1.93. The second kappa shape index (κ2) is 2.76. The number of hydrogen-bond acceptors (Lipinski definition) is 2. The molecule has 0 aromatic carbocycles. The van der Waals surface area contributed by atoms with Crippen LogP contribution in [0, 0.1) is 6.92 Å². The molecule has 0 atom stereocenters. The predicted molar refractivity (Wildman–Crippen MR) is 46.1 cm³/mol. The molecule has 1 heterocycles. The van der Waals surface area contributed by atoms with Crippen molar-refractivity contribution in [3.05, 3.63) is 21.4 Å². The van der Waals surface area contributed by atoms with E-state index in [9.17, 15) is 0 Å². The molecule has 0 radical (unpaired) electrons. The van der Waals surface area contributed by atoms with Gasteiger partial charge in [0.05, 0.1) is 16.4 Å². The Morgan fingerprint density at radius 1 is 1.70 bits per heavy atom. The van der Waals surface area contributed by atoms with Gasteiger partial charge in [0.25, 0.3) is 0 Å². The summed E-state index contributed by atoms with van der Waals surface area (Å²) in [6.07, 6.45) is 1.54. The minimum absolute atomic E-state index is 0.451. The summed E-state index contributed by atoms with van der Waals surface area (Å²) in [6.45, 7) is 1.88. The Bertz CT molecular complexity index is 235. The van der Waals surface area contributed by atoms with E-state index in [2.05, 4.69) is 20.9 Å². The predicted octanol–water partition coefficient (Wildman–Crippen LogP) is 2.39. The Morgan fingerprint density at radius 2 is 2.30 bits per heavy atom. The van der Waals surface area contributed by atoms with Gasteiger partial charge in [0.15, 0.2) is 0 Å². The van der Waals surface area contributed by atoms with E-state index in [4.69, 9.17) is 17.3 Å². The summed E-state index contributed by atoms with van der Waals surface area (Å²) in [7, 11) is 0. The molecule has 1 rings (SSSR count). The van der Waals surface area contributed by atoms with Gasteiger partial charge >= 0.3 is 0 Å². The molecule has 0 saturated heterocycles. The van der Waals surface area contributed by atoms with Gasteiger partial charge in [-0.15, -0.1) is 0 Å². The molecule has 0 unspecified atom stereocenters. The van der Waals surface area contributed by atoms with Crippen molar-refractivity contribution in [3.63, 3.8) is 0 Å². The van der Waals surface area contributed by atoms with E-state index in [0.29, 0.717) is 10.8 Å². The molecule has 0 aliphatic carbocycles. The first-order chi connectivity index (χ1) is 4.63. The molecule has 1 aromatic rings. The number of nitrogen functional groups attached to an aromatic ring is 1. The van der Waals surface area contributed by atoms with Gasteiger partial charge in [-0.25, -0.2) is 4.98 Å². The molecule has 0 aliphatic heterocycles. The molecule has 1 aromatic heterocycles. The summed E-state index contributed by atoms with van der Waals surface area (Å²) < 4.78 is 0.772. The monoisotopic (exact) mass is 220 g/mol. The van der Waals surface area contributed by atoms with Gasteiger partial charge in [0.2, 0.25) is 0 Å². The van der Waals surface area contributed by atoms with Gasteiger partial charge in [0.1, 0.15) is 5.15 Å². The average molecular weight is 221 g/mol. The lowest BCUT2D eigenvalue weighted by Gasteiger charge is -2.01. The maximum absolute atomic E-state index is 5.67. The van der Waals surface area contributed by atoms with E-state index in [1.807, 2.05) is 6.92 Å². The fraction of sp³-hybridized carbons (Fsp3) is 0.167. The summed E-state index contributed by atoms with van der Waals surface area (Å²) in [5.41, 5.74) is 7.12. The fourth-order valence-electron chi connectivity index (χ4n) is 0.561. The summed E-state index contributed by atoms with van der Waals surface area (Å²) >= 11 is 8.93. The first-order valence-electron chi connectivity index (χ1n) is 2.69. The molecular formula is C6H6BrClN2. The quantitative estimate of drug-likeness (QED) is 0.683. The van der Waals surface area contributed by atoms with Gasteiger partial charge in [-0.3, -0.25) is 0 Å². The van der Waals surface area contributed by atoms with Gasteiger partial charge in [-0.05, 0) is 28.4 Å². The van der Waals surface area contributed by atoms with Gasteiger partial charge in [-0.2, -0.15) is 0 Å². The molecule has 0 bridgehead atoms. The van der Waals surface area contributed by atoms with Crippen LogP contribution >= 0.6 is 27.5 Å². The number of aromatic nitrogens is 1. The molecule has 10 heavy (non-hydrogen) atoms. The van der Waals surface area contributed by atoms with Crippen LogP contribution in [0.5, 0.6) is 0 Å². The Morgan fingerprint density at radius 3 is 2.80 bits per heavy atom. The van der Waals surface area contributed by atoms with Crippen LogP contribution in [0.3, 0.4) is 0 Å². The van der Waals surface area contributed by atoms with Crippen LogP contribution in [-0.4, -0.2) is 4.98 Å². The number of nitrogens with zero attached hydrogens (tertiary/aromatic N) is 1. The lowest BCUT2D eigenvalue weighted by atomic mass is 10.3. The van der Waals surface area contributed by atoms with Crippen molar-refractivity contribution in [2.75, 3.05) is 5.73 Å². The van der Waals surface area contributed by atoms with Crippen LogP contribution in [0.4, 0.5) is 5.69 Å². The third kappa shape index (κ3) is 1.25. The normalized spacial score (nSPS) is 9.90. The minimum atomic E-state index is 0.451. The first kappa shape index (κ1) is 7.82. The first-order valence-corrected chi connectivity index (χ1v) is 3.86. The number of hydrogen-bond donors (Lipinski definition) is 1. The fourth-order valence-corrected chi connectivity index (χ4v) is 1.08. The SMILES string of the molecule is Cc1c(N)cnc(Cl)c1Br. The Hall–Kier alpha value is -0.280. The molecule has 0 fully saturated rings. The summed E-state index contributed by atoms with van der Waals surface area (Å²) in [5, 5.41) is 0.451. The van der Waals surface area contributed by atoms with E-state index in [-0.39, 0.29) is 0 Å². The van der Waals surface area contributed by atoms with Crippen LogP contribution in [0.1, 0.15) is 5.56 Å². The van der Waals surface area contributed by atoms with Crippen molar-refractivity contribution in [1.29, 1.82) is 0 Å². The Labute approximate surface area is 72.5 Å². The molecule has 0 saturated carbocycles. The maximum atomic E-state index is 5.67. The lowest BCUT2D eigenvalue weighted by Crippen LogP contribution is -1.92. The van der Waals surface area contributed by atoms with Crippen molar-refractivity contribution >= 4 is 33.2 Å². The Kier molecular flexibility index (Phi) is 2.16. The molecule has 0 spiro atoms. The highest BCUT2D eigenvalue weighted by Gasteiger charge is 2.03.